The monoisotopic (exact) mass is 438 g/mol. The molecule has 0 saturated carbocycles. The number of hydrogen-bond acceptors (Lipinski definition) is 5. The Morgan fingerprint density at radius 1 is 1.16 bits per heavy atom. The fraction of sp³-hybridized carbons (Fsp3) is 0.500. The number of aromatic nitrogens is 3. The Hall–Kier alpha value is -3.43. The Kier molecular flexibility index (Phi) is 5.07. The zero-order chi connectivity index (χ0) is 22.3. The van der Waals surface area contributed by atoms with E-state index in [1.807, 2.05) is 24.3 Å². The van der Waals surface area contributed by atoms with Crippen molar-refractivity contribution in [1.29, 1.82) is 0 Å². The van der Waals surface area contributed by atoms with E-state index < -0.39 is 17.5 Å². The number of imide groups is 1. The summed E-state index contributed by atoms with van der Waals surface area (Å²) in [4.78, 5) is 51.3. The van der Waals surface area contributed by atoms with Gasteiger partial charge in [-0.05, 0) is 43.2 Å². The summed E-state index contributed by atoms with van der Waals surface area (Å²) in [5.41, 5.74) is 0.695. The highest BCUT2D eigenvalue weighted by Gasteiger charge is 2.55. The number of nitrogens with zero attached hydrogens (tertiary/aromatic N) is 4. The van der Waals surface area contributed by atoms with Gasteiger partial charge in [-0.25, -0.2) is 14.3 Å². The summed E-state index contributed by atoms with van der Waals surface area (Å²) >= 11 is 0. The number of carbonyl (C=O) groups excluding carboxylic acids is 3. The number of carbonyl (C=O) groups is 3. The predicted molar refractivity (Wildman–Crippen MR) is 114 cm³/mol. The second-order valence-corrected chi connectivity index (χ2v) is 8.62. The molecule has 3 aliphatic rings. The van der Waals surface area contributed by atoms with Gasteiger partial charge in [0.05, 0.1) is 0 Å². The van der Waals surface area contributed by atoms with Crippen LogP contribution in [0.3, 0.4) is 0 Å². The van der Waals surface area contributed by atoms with Crippen LogP contribution in [0.2, 0.25) is 0 Å². The van der Waals surface area contributed by atoms with Crippen molar-refractivity contribution in [3.8, 4) is 0 Å². The molecule has 3 heterocycles. The van der Waals surface area contributed by atoms with Crippen LogP contribution in [-0.4, -0.2) is 50.2 Å². The third kappa shape index (κ3) is 3.30. The Bertz CT molecular complexity index is 1150. The maximum Gasteiger partial charge on any atom is 0.345 e. The van der Waals surface area contributed by atoms with Crippen molar-refractivity contribution in [2.24, 2.45) is 0 Å². The highest BCUT2D eigenvalue weighted by Crippen LogP contribution is 2.41. The minimum absolute atomic E-state index is 0.104. The lowest BCUT2D eigenvalue weighted by atomic mass is 9.92. The number of nitrogens with one attached hydrogen (secondary N) is 2. The Balaban J connectivity index is 1.15. The zero-order valence-electron chi connectivity index (χ0n) is 17.8. The van der Waals surface area contributed by atoms with E-state index in [9.17, 15) is 19.2 Å². The third-order valence-electron chi connectivity index (χ3n) is 6.62. The highest BCUT2D eigenvalue weighted by molar-refractivity contribution is 6.09. The number of rotatable bonds is 6. The van der Waals surface area contributed by atoms with Gasteiger partial charge in [-0.2, -0.15) is 5.10 Å². The van der Waals surface area contributed by atoms with Gasteiger partial charge in [0.15, 0.2) is 0 Å². The molecule has 2 aromatic rings. The second-order valence-electron chi connectivity index (χ2n) is 8.62. The van der Waals surface area contributed by atoms with Crippen molar-refractivity contribution < 1.29 is 14.4 Å². The first-order valence-corrected chi connectivity index (χ1v) is 11.2. The van der Waals surface area contributed by atoms with Gasteiger partial charge in [-0.3, -0.25) is 19.1 Å². The summed E-state index contributed by atoms with van der Waals surface area (Å²) in [7, 11) is 0. The minimum Gasteiger partial charge on any atom is -0.354 e. The third-order valence-corrected chi connectivity index (χ3v) is 6.62. The van der Waals surface area contributed by atoms with Crippen LogP contribution in [0.5, 0.6) is 0 Å². The van der Waals surface area contributed by atoms with Crippen LogP contribution in [0.15, 0.2) is 29.1 Å². The summed E-state index contributed by atoms with van der Waals surface area (Å²) in [6, 6.07) is 7.04. The number of aryl methyl sites for hydroxylation is 3. The van der Waals surface area contributed by atoms with Gasteiger partial charge in [0, 0.05) is 26.1 Å². The summed E-state index contributed by atoms with van der Waals surface area (Å²) < 4.78 is 3.17. The molecule has 0 radical (unpaired) electrons. The van der Waals surface area contributed by atoms with Crippen molar-refractivity contribution in [2.75, 3.05) is 13.1 Å². The number of hydrogen-bond donors (Lipinski definition) is 2. The lowest BCUT2D eigenvalue weighted by Crippen LogP contribution is -2.44. The van der Waals surface area contributed by atoms with E-state index >= 15 is 0 Å². The van der Waals surface area contributed by atoms with E-state index in [0.29, 0.717) is 38.9 Å². The van der Waals surface area contributed by atoms with Crippen molar-refractivity contribution in [2.45, 2.75) is 57.2 Å². The van der Waals surface area contributed by atoms with E-state index in [-0.39, 0.29) is 18.1 Å². The van der Waals surface area contributed by atoms with E-state index in [0.717, 1.165) is 41.1 Å². The van der Waals surface area contributed by atoms with Crippen molar-refractivity contribution in [3.05, 3.63) is 51.7 Å². The van der Waals surface area contributed by atoms with Crippen LogP contribution in [0.4, 0.5) is 4.79 Å². The first-order chi connectivity index (χ1) is 15.5. The SMILES string of the molecule is O=C(CN1C(=O)NC2(CCc3ccccc32)C1=O)NCCCn1nc2n(c1=O)CCCC2. The summed E-state index contributed by atoms with van der Waals surface area (Å²) in [5, 5.41) is 9.93. The Morgan fingerprint density at radius 3 is 2.84 bits per heavy atom. The highest BCUT2D eigenvalue weighted by atomic mass is 16.2. The molecule has 168 valence electrons. The number of urea groups is 1. The molecule has 2 N–H and O–H groups in total. The van der Waals surface area contributed by atoms with Gasteiger partial charge in [-0.1, -0.05) is 24.3 Å². The van der Waals surface area contributed by atoms with E-state index in [2.05, 4.69) is 15.7 Å². The normalized spacial score (nSPS) is 21.6. The fourth-order valence-electron chi connectivity index (χ4n) is 4.98. The summed E-state index contributed by atoms with van der Waals surface area (Å²) in [5.74, 6) is 0.0392. The smallest absolute Gasteiger partial charge is 0.345 e. The average Bonchev–Trinajstić information content (AvgIpc) is 3.40. The quantitative estimate of drug-likeness (QED) is 0.496. The first kappa shape index (κ1) is 20.5. The summed E-state index contributed by atoms with van der Waals surface area (Å²) in [6.07, 6.45) is 4.58. The number of benzene rings is 1. The molecule has 1 fully saturated rings. The van der Waals surface area contributed by atoms with E-state index in [1.54, 1.807) is 4.57 Å². The molecular weight excluding hydrogens is 412 g/mol. The van der Waals surface area contributed by atoms with Crippen LogP contribution in [0.1, 0.15) is 42.6 Å². The number of amides is 4. The van der Waals surface area contributed by atoms with Gasteiger partial charge in [-0.15, -0.1) is 0 Å². The van der Waals surface area contributed by atoms with Crippen LogP contribution in [0.25, 0.3) is 0 Å². The molecule has 1 aromatic heterocycles. The molecule has 2 aliphatic heterocycles. The molecule has 10 heteroatoms. The maximum atomic E-state index is 13.1. The molecule has 4 amide bonds. The molecule has 1 saturated heterocycles. The molecule has 1 unspecified atom stereocenters. The average molecular weight is 438 g/mol. The minimum atomic E-state index is -1.06. The van der Waals surface area contributed by atoms with Crippen molar-refractivity contribution in [1.82, 2.24) is 29.9 Å². The standard InChI is InChI=1S/C22H26N6O4/c29-18(23-11-5-13-28-21(32)26-12-4-3-8-17(26)25-28)14-27-19(30)22(24-20(27)31)10-9-15-6-1-2-7-16(15)22/h1-2,6-7H,3-5,8-14H2,(H,23,29)(H,24,31). The Morgan fingerprint density at radius 2 is 2.00 bits per heavy atom. The van der Waals surface area contributed by atoms with Gasteiger partial charge in [0.25, 0.3) is 5.91 Å². The lowest BCUT2D eigenvalue weighted by molar-refractivity contribution is -0.135. The van der Waals surface area contributed by atoms with E-state index in [1.165, 1.54) is 4.68 Å². The van der Waals surface area contributed by atoms with Crippen molar-refractivity contribution in [3.63, 3.8) is 0 Å². The van der Waals surface area contributed by atoms with Crippen LogP contribution >= 0.6 is 0 Å². The molecule has 1 spiro atoms. The largest absolute Gasteiger partial charge is 0.354 e. The molecule has 32 heavy (non-hydrogen) atoms. The topological polar surface area (TPSA) is 118 Å². The van der Waals surface area contributed by atoms with Gasteiger partial charge in [0.1, 0.15) is 17.9 Å². The van der Waals surface area contributed by atoms with Crippen LogP contribution in [0, 0.1) is 0 Å². The van der Waals surface area contributed by atoms with Gasteiger partial charge in [0.2, 0.25) is 5.91 Å². The predicted octanol–water partition coefficient (Wildman–Crippen LogP) is 0.281. The fourth-order valence-corrected chi connectivity index (χ4v) is 4.98. The van der Waals surface area contributed by atoms with Gasteiger partial charge < -0.3 is 10.6 Å². The second kappa shape index (κ2) is 7.92. The van der Waals surface area contributed by atoms with Crippen molar-refractivity contribution >= 4 is 17.8 Å². The summed E-state index contributed by atoms with van der Waals surface area (Å²) in [6.45, 7) is 1.11. The van der Waals surface area contributed by atoms with Crippen LogP contribution in [-0.2, 0) is 41.1 Å². The number of fused-ring (bicyclic) bond motifs is 3. The van der Waals surface area contributed by atoms with E-state index in [4.69, 9.17) is 0 Å². The molecule has 1 aromatic carbocycles. The molecule has 5 rings (SSSR count). The molecule has 10 nitrogen and oxygen atoms in total. The molecule has 0 bridgehead atoms. The zero-order valence-corrected chi connectivity index (χ0v) is 17.8. The Labute approximate surface area is 184 Å². The molecule has 1 aliphatic carbocycles. The van der Waals surface area contributed by atoms with Crippen LogP contribution < -0.4 is 16.3 Å². The lowest BCUT2D eigenvalue weighted by Gasteiger charge is -2.22. The van der Waals surface area contributed by atoms with Gasteiger partial charge >= 0.3 is 11.7 Å². The maximum absolute atomic E-state index is 13.1. The first-order valence-electron chi connectivity index (χ1n) is 11.2. The molecule has 1 atom stereocenters. The molecular formula is C22H26N6O4.